The molecule has 98 valence electrons. The maximum Gasteiger partial charge on any atom is 0.274 e. The minimum Gasteiger partial charge on any atom is -0.397 e. The predicted octanol–water partition coefficient (Wildman–Crippen LogP) is 1.72. The molecule has 0 bridgehead atoms. The van der Waals surface area contributed by atoms with Gasteiger partial charge in [0.1, 0.15) is 0 Å². The number of aromatic nitrogens is 2. The first-order chi connectivity index (χ1) is 9.22. The van der Waals surface area contributed by atoms with Crippen molar-refractivity contribution in [3.05, 3.63) is 54.1 Å². The number of nitrogens with two attached hydrogens (primary N) is 1. The highest BCUT2D eigenvalue weighted by Crippen LogP contribution is 2.12. The summed E-state index contributed by atoms with van der Waals surface area (Å²) in [6.07, 6.45) is 3.28. The Balaban J connectivity index is 2.18. The van der Waals surface area contributed by atoms with Crippen LogP contribution in [0.1, 0.15) is 23.1 Å². The molecule has 19 heavy (non-hydrogen) atoms. The Morgan fingerprint density at radius 2 is 2.00 bits per heavy atom. The highest BCUT2D eigenvalue weighted by atomic mass is 16.2. The zero-order valence-electron chi connectivity index (χ0n) is 10.8. The van der Waals surface area contributed by atoms with Crippen molar-refractivity contribution in [3.8, 4) is 0 Å². The minimum absolute atomic E-state index is 0.175. The second-order valence-electron chi connectivity index (χ2n) is 4.08. The number of carbonyl (C=O) groups is 1. The third-order valence-corrected chi connectivity index (χ3v) is 2.79. The van der Waals surface area contributed by atoms with Gasteiger partial charge in [-0.1, -0.05) is 6.07 Å². The number of anilines is 1. The van der Waals surface area contributed by atoms with Crippen molar-refractivity contribution in [1.82, 2.24) is 14.9 Å². The van der Waals surface area contributed by atoms with Gasteiger partial charge < -0.3 is 10.6 Å². The Labute approximate surface area is 112 Å². The smallest absolute Gasteiger partial charge is 0.274 e. The standard InChI is InChI=1S/C14H16N4O/c1-2-18(10-11-6-3-4-8-16-11)14(19)13-12(15)7-5-9-17-13/h3-9H,2,10,15H2,1H3. The Hall–Kier alpha value is -2.43. The van der Waals surface area contributed by atoms with E-state index in [0.29, 0.717) is 24.5 Å². The van der Waals surface area contributed by atoms with Crippen molar-refractivity contribution < 1.29 is 4.79 Å². The van der Waals surface area contributed by atoms with E-state index >= 15 is 0 Å². The highest BCUT2D eigenvalue weighted by molar-refractivity contribution is 5.96. The Morgan fingerprint density at radius 1 is 1.21 bits per heavy atom. The fourth-order valence-electron chi connectivity index (χ4n) is 1.76. The molecule has 0 aliphatic heterocycles. The molecule has 2 heterocycles. The van der Waals surface area contributed by atoms with Gasteiger partial charge in [-0.15, -0.1) is 0 Å². The number of rotatable bonds is 4. The predicted molar refractivity (Wildman–Crippen MR) is 73.3 cm³/mol. The van der Waals surface area contributed by atoms with Crippen molar-refractivity contribution in [1.29, 1.82) is 0 Å². The molecule has 0 saturated carbocycles. The van der Waals surface area contributed by atoms with Crippen LogP contribution in [0.15, 0.2) is 42.7 Å². The molecule has 0 aliphatic rings. The lowest BCUT2D eigenvalue weighted by atomic mass is 10.2. The SMILES string of the molecule is CCN(Cc1ccccn1)C(=O)c1ncccc1N. The molecule has 0 saturated heterocycles. The number of nitrogen functional groups attached to an aromatic ring is 1. The molecule has 0 radical (unpaired) electrons. The molecule has 5 heteroatoms. The molecule has 0 aliphatic carbocycles. The lowest BCUT2D eigenvalue weighted by Crippen LogP contribution is -2.31. The summed E-state index contributed by atoms with van der Waals surface area (Å²) < 4.78 is 0. The van der Waals surface area contributed by atoms with E-state index in [9.17, 15) is 4.79 Å². The van der Waals surface area contributed by atoms with Crippen LogP contribution in [0.5, 0.6) is 0 Å². The van der Waals surface area contributed by atoms with Gasteiger partial charge in [-0.25, -0.2) is 4.98 Å². The lowest BCUT2D eigenvalue weighted by molar-refractivity contribution is 0.0746. The van der Waals surface area contributed by atoms with Crippen LogP contribution in [0.3, 0.4) is 0 Å². The van der Waals surface area contributed by atoms with Gasteiger partial charge in [-0.2, -0.15) is 0 Å². The molecule has 2 N–H and O–H groups in total. The van der Waals surface area contributed by atoms with Gasteiger partial charge in [-0.05, 0) is 31.2 Å². The number of amides is 1. The average Bonchev–Trinajstić information content (AvgIpc) is 2.46. The van der Waals surface area contributed by atoms with E-state index in [2.05, 4.69) is 9.97 Å². The third kappa shape index (κ3) is 3.07. The first-order valence-electron chi connectivity index (χ1n) is 6.12. The van der Waals surface area contributed by atoms with Gasteiger partial charge >= 0.3 is 0 Å². The van der Waals surface area contributed by atoms with Crippen LogP contribution in [-0.2, 0) is 6.54 Å². The summed E-state index contributed by atoms with van der Waals surface area (Å²) in [5.74, 6) is -0.175. The molecule has 2 aromatic rings. The summed E-state index contributed by atoms with van der Waals surface area (Å²) in [7, 11) is 0. The topological polar surface area (TPSA) is 72.1 Å². The van der Waals surface area contributed by atoms with Crippen LogP contribution in [-0.4, -0.2) is 27.3 Å². The molecule has 2 aromatic heterocycles. The maximum absolute atomic E-state index is 12.4. The molecule has 1 amide bonds. The van der Waals surface area contributed by atoms with E-state index in [-0.39, 0.29) is 5.91 Å². The van der Waals surface area contributed by atoms with Gasteiger partial charge in [0.05, 0.1) is 17.9 Å². The summed E-state index contributed by atoms with van der Waals surface area (Å²) in [5.41, 5.74) is 7.31. The monoisotopic (exact) mass is 256 g/mol. The van der Waals surface area contributed by atoms with Gasteiger partial charge in [0.2, 0.25) is 0 Å². The number of hydrogen-bond acceptors (Lipinski definition) is 4. The third-order valence-electron chi connectivity index (χ3n) is 2.79. The molecule has 0 atom stereocenters. The van der Waals surface area contributed by atoms with E-state index in [1.165, 1.54) is 0 Å². The van der Waals surface area contributed by atoms with Crippen molar-refractivity contribution in [2.24, 2.45) is 0 Å². The van der Waals surface area contributed by atoms with Gasteiger partial charge in [0, 0.05) is 18.9 Å². The van der Waals surface area contributed by atoms with E-state index in [1.54, 1.807) is 29.4 Å². The van der Waals surface area contributed by atoms with Gasteiger partial charge in [-0.3, -0.25) is 9.78 Å². The normalized spacial score (nSPS) is 10.2. The Kier molecular flexibility index (Phi) is 4.07. The summed E-state index contributed by atoms with van der Waals surface area (Å²) >= 11 is 0. The first-order valence-corrected chi connectivity index (χ1v) is 6.12. The second kappa shape index (κ2) is 5.95. The molecule has 5 nitrogen and oxygen atoms in total. The van der Waals surface area contributed by atoms with Crippen LogP contribution >= 0.6 is 0 Å². The summed E-state index contributed by atoms with van der Waals surface area (Å²) in [6.45, 7) is 2.94. The van der Waals surface area contributed by atoms with Crippen LogP contribution in [0, 0.1) is 0 Å². The quantitative estimate of drug-likeness (QED) is 0.904. The van der Waals surface area contributed by atoms with Crippen LogP contribution in [0.4, 0.5) is 5.69 Å². The fraction of sp³-hybridized carbons (Fsp3) is 0.214. The first kappa shape index (κ1) is 13.0. The van der Waals surface area contributed by atoms with Crippen molar-refractivity contribution in [2.45, 2.75) is 13.5 Å². The van der Waals surface area contributed by atoms with Gasteiger partial charge in [0.25, 0.3) is 5.91 Å². The highest BCUT2D eigenvalue weighted by Gasteiger charge is 2.18. The van der Waals surface area contributed by atoms with E-state index in [1.807, 2.05) is 25.1 Å². The number of pyridine rings is 2. The summed E-state index contributed by atoms with van der Waals surface area (Å²) in [4.78, 5) is 22.3. The lowest BCUT2D eigenvalue weighted by Gasteiger charge is -2.20. The average molecular weight is 256 g/mol. The Morgan fingerprint density at radius 3 is 2.63 bits per heavy atom. The van der Waals surface area contributed by atoms with Gasteiger partial charge in [0.15, 0.2) is 5.69 Å². The molecule has 0 aromatic carbocycles. The number of hydrogen-bond donors (Lipinski definition) is 1. The molecular weight excluding hydrogens is 240 g/mol. The van der Waals surface area contributed by atoms with Crippen LogP contribution in [0.2, 0.25) is 0 Å². The molecular formula is C14H16N4O. The summed E-state index contributed by atoms with van der Waals surface area (Å²) in [6, 6.07) is 9.02. The second-order valence-corrected chi connectivity index (χ2v) is 4.08. The number of nitrogens with zero attached hydrogens (tertiary/aromatic N) is 3. The van der Waals surface area contributed by atoms with Crippen LogP contribution < -0.4 is 5.73 Å². The van der Waals surface area contributed by atoms with E-state index < -0.39 is 0 Å². The molecule has 0 fully saturated rings. The molecule has 2 rings (SSSR count). The van der Waals surface area contributed by atoms with E-state index in [4.69, 9.17) is 5.73 Å². The largest absolute Gasteiger partial charge is 0.397 e. The molecule has 0 unspecified atom stereocenters. The Bertz CT molecular complexity index is 556. The van der Waals surface area contributed by atoms with E-state index in [0.717, 1.165) is 5.69 Å². The van der Waals surface area contributed by atoms with Crippen molar-refractivity contribution >= 4 is 11.6 Å². The number of carbonyl (C=O) groups excluding carboxylic acids is 1. The van der Waals surface area contributed by atoms with Crippen molar-refractivity contribution in [3.63, 3.8) is 0 Å². The maximum atomic E-state index is 12.4. The zero-order valence-corrected chi connectivity index (χ0v) is 10.8. The zero-order chi connectivity index (χ0) is 13.7. The molecule has 0 spiro atoms. The fourth-order valence-corrected chi connectivity index (χ4v) is 1.76. The summed E-state index contributed by atoms with van der Waals surface area (Å²) in [5, 5.41) is 0. The van der Waals surface area contributed by atoms with Crippen LogP contribution in [0.25, 0.3) is 0 Å². The van der Waals surface area contributed by atoms with Crippen molar-refractivity contribution in [2.75, 3.05) is 12.3 Å². The minimum atomic E-state index is -0.175.